The molecule has 0 spiro atoms. The molecule has 1 atom stereocenters. The van der Waals surface area contributed by atoms with Gasteiger partial charge in [-0.25, -0.2) is 4.79 Å². The molecule has 8 heteroatoms. The number of hydrogen-bond acceptors (Lipinski definition) is 5. The van der Waals surface area contributed by atoms with Gasteiger partial charge >= 0.3 is 6.03 Å². The van der Waals surface area contributed by atoms with Crippen LogP contribution in [0.3, 0.4) is 0 Å². The molecule has 0 radical (unpaired) electrons. The summed E-state index contributed by atoms with van der Waals surface area (Å²) in [5, 5.41) is 2.23. The standard InChI is InChI=1S/C16H20N4O4/c21-14-5-8-19(16(23)18-14)11-15(22)20(10-13-2-1-9-24-13)12-3-6-17-7-4-12/h3-4,6-7,13H,1-2,5,8-11H2,(H,18,21,23). The molecule has 3 heterocycles. The maximum atomic E-state index is 12.8. The fourth-order valence-electron chi connectivity index (χ4n) is 2.87. The molecule has 1 unspecified atom stereocenters. The average molecular weight is 332 g/mol. The minimum absolute atomic E-state index is 0.00104. The molecule has 2 fully saturated rings. The Bertz CT molecular complexity index is 616. The predicted molar refractivity (Wildman–Crippen MR) is 85.3 cm³/mol. The second kappa shape index (κ2) is 7.39. The Morgan fingerprint density at radius 1 is 1.38 bits per heavy atom. The van der Waals surface area contributed by atoms with Gasteiger partial charge in [0.2, 0.25) is 11.8 Å². The molecule has 3 rings (SSSR count). The lowest BCUT2D eigenvalue weighted by atomic mass is 10.2. The van der Waals surface area contributed by atoms with Crippen molar-refractivity contribution in [2.24, 2.45) is 0 Å². The zero-order valence-corrected chi connectivity index (χ0v) is 13.3. The van der Waals surface area contributed by atoms with Crippen LogP contribution < -0.4 is 10.2 Å². The average Bonchev–Trinajstić information content (AvgIpc) is 3.09. The molecule has 0 bridgehead atoms. The van der Waals surface area contributed by atoms with Gasteiger partial charge in [-0.05, 0) is 25.0 Å². The van der Waals surface area contributed by atoms with Gasteiger partial charge in [0.15, 0.2) is 0 Å². The lowest BCUT2D eigenvalue weighted by Gasteiger charge is -2.30. The van der Waals surface area contributed by atoms with Crippen LogP contribution in [0.5, 0.6) is 0 Å². The quantitative estimate of drug-likeness (QED) is 0.849. The van der Waals surface area contributed by atoms with Crippen LogP contribution >= 0.6 is 0 Å². The monoisotopic (exact) mass is 332 g/mol. The molecule has 0 aliphatic carbocycles. The van der Waals surface area contributed by atoms with E-state index in [1.807, 2.05) is 0 Å². The van der Waals surface area contributed by atoms with Crippen molar-refractivity contribution < 1.29 is 19.1 Å². The van der Waals surface area contributed by atoms with E-state index < -0.39 is 6.03 Å². The third-order valence-corrected chi connectivity index (χ3v) is 4.15. The van der Waals surface area contributed by atoms with Gasteiger partial charge in [0.05, 0.1) is 12.6 Å². The zero-order valence-electron chi connectivity index (χ0n) is 13.3. The molecule has 1 aromatic heterocycles. The SMILES string of the molecule is O=C1CCN(CC(=O)N(CC2CCCO2)c2ccncc2)C(=O)N1. The van der Waals surface area contributed by atoms with Crippen molar-refractivity contribution >= 4 is 23.5 Å². The first-order chi connectivity index (χ1) is 11.6. The summed E-state index contributed by atoms with van der Waals surface area (Å²) < 4.78 is 5.63. The smallest absolute Gasteiger partial charge is 0.324 e. The van der Waals surface area contributed by atoms with Crippen molar-refractivity contribution in [1.82, 2.24) is 15.2 Å². The van der Waals surface area contributed by atoms with Gasteiger partial charge in [-0.15, -0.1) is 0 Å². The number of hydrogen-bond donors (Lipinski definition) is 1. The van der Waals surface area contributed by atoms with E-state index in [1.54, 1.807) is 29.4 Å². The second-order valence-electron chi connectivity index (χ2n) is 5.87. The molecule has 2 aliphatic rings. The number of pyridine rings is 1. The molecule has 2 saturated heterocycles. The Morgan fingerprint density at radius 3 is 2.83 bits per heavy atom. The summed E-state index contributed by atoms with van der Waals surface area (Å²) in [6.45, 7) is 1.32. The van der Waals surface area contributed by atoms with E-state index in [0.717, 1.165) is 18.5 Å². The minimum Gasteiger partial charge on any atom is -0.376 e. The second-order valence-corrected chi connectivity index (χ2v) is 5.87. The maximum absolute atomic E-state index is 12.8. The number of anilines is 1. The first-order valence-electron chi connectivity index (χ1n) is 8.04. The fraction of sp³-hybridized carbons (Fsp3) is 0.500. The van der Waals surface area contributed by atoms with Crippen LogP contribution in [0.1, 0.15) is 19.3 Å². The van der Waals surface area contributed by atoms with Gasteiger partial charge in [0.25, 0.3) is 0 Å². The van der Waals surface area contributed by atoms with Crippen LogP contribution in [0.15, 0.2) is 24.5 Å². The van der Waals surface area contributed by atoms with E-state index in [4.69, 9.17) is 4.74 Å². The third kappa shape index (κ3) is 3.88. The number of aromatic nitrogens is 1. The molecular weight excluding hydrogens is 312 g/mol. The van der Waals surface area contributed by atoms with Crippen LogP contribution in [0.2, 0.25) is 0 Å². The topological polar surface area (TPSA) is 91.8 Å². The van der Waals surface area contributed by atoms with Gasteiger partial charge in [0, 0.05) is 37.7 Å². The van der Waals surface area contributed by atoms with Crippen molar-refractivity contribution in [3.63, 3.8) is 0 Å². The summed E-state index contributed by atoms with van der Waals surface area (Å²) >= 11 is 0. The van der Waals surface area contributed by atoms with Crippen molar-refractivity contribution in [3.8, 4) is 0 Å². The highest BCUT2D eigenvalue weighted by molar-refractivity contribution is 6.00. The zero-order chi connectivity index (χ0) is 16.9. The fourth-order valence-corrected chi connectivity index (χ4v) is 2.87. The maximum Gasteiger partial charge on any atom is 0.324 e. The number of carbonyl (C=O) groups excluding carboxylic acids is 3. The Morgan fingerprint density at radius 2 is 2.17 bits per heavy atom. The minimum atomic E-state index is -0.522. The molecule has 8 nitrogen and oxygen atoms in total. The number of rotatable bonds is 5. The van der Waals surface area contributed by atoms with E-state index in [9.17, 15) is 14.4 Å². The number of nitrogens with zero attached hydrogens (tertiary/aromatic N) is 3. The summed E-state index contributed by atoms with van der Waals surface area (Å²) in [5.74, 6) is -0.518. The van der Waals surface area contributed by atoms with E-state index in [1.165, 1.54) is 4.90 Å². The summed E-state index contributed by atoms with van der Waals surface area (Å²) in [5.41, 5.74) is 0.721. The van der Waals surface area contributed by atoms with Crippen LogP contribution in [-0.4, -0.2) is 60.1 Å². The van der Waals surface area contributed by atoms with Gasteiger partial charge in [0.1, 0.15) is 6.54 Å². The number of amides is 4. The van der Waals surface area contributed by atoms with E-state index in [0.29, 0.717) is 13.2 Å². The Labute approximate surface area is 139 Å². The normalized spacial score (nSPS) is 20.8. The first-order valence-corrected chi connectivity index (χ1v) is 8.04. The van der Waals surface area contributed by atoms with Gasteiger partial charge in [-0.1, -0.05) is 0 Å². The highest BCUT2D eigenvalue weighted by Crippen LogP contribution is 2.19. The molecule has 1 aromatic rings. The lowest BCUT2D eigenvalue weighted by Crippen LogP contribution is -2.53. The molecule has 4 amide bonds. The predicted octanol–water partition coefficient (Wildman–Crippen LogP) is 0.535. The molecule has 0 saturated carbocycles. The van der Waals surface area contributed by atoms with Crippen molar-refractivity contribution in [2.45, 2.75) is 25.4 Å². The summed E-state index contributed by atoms with van der Waals surface area (Å²) in [6.07, 6.45) is 5.35. The number of urea groups is 1. The van der Waals surface area contributed by atoms with Crippen molar-refractivity contribution in [2.75, 3.05) is 31.1 Å². The van der Waals surface area contributed by atoms with Crippen LogP contribution in [0, 0.1) is 0 Å². The number of nitrogens with one attached hydrogen (secondary N) is 1. The van der Waals surface area contributed by atoms with E-state index in [-0.39, 0.29) is 37.4 Å². The Balaban J connectivity index is 1.70. The van der Waals surface area contributed by atoms with Crippen LogP contribution in [0.25, 0.3) is 0 Å². The van der Waals surface area contributed by atoms with Gasteiger partial charge < -0.3 is 14.5 Å². The van der Waals surface area contributed by atoms with Gasteiger partial charge in [-0.2, -0.15) is 0 Å². The summed E-state index contributed by atoms with van der Waals surface area (Å²) in [6, 6.07) is 2.99. The lowest BCUT2D eigenvalue weighted by molar-refractivity contribution is -0.124. The molecule has 24 heavy (non-hydrogen) atoms. The largest absolute Gasteiger partial charge is 0.376 e. The van der Waals surface area contributed by atoms with Gasteiger partial charge in [-0.3, -0.25) is 19.9 Å². The van der Waals surface area contributed by atoms with Crippen LogP contribution in [-0.2, 0) is 14.3 Å². The highest BCUT2D eigenvalue weighted by atomic mass is 16.5. The molecule has 1 N–H and O–H groups in total. The third-order valence-electron chi connectivity index (χ3n) is 4.15. The molecule has 0 aromatic carbocycles. The first kappa shape index (κ1) is 16.4. The van der Waals surface area contributed by atoms with Crippen molar-refractivity contribution in [3.05, 3.63) is 24.5 Å². The number of ether oxygens (including phenoxy) is 1. The van der Waals surface area contributed by atoms with E-state index >= 15 is 0 Å². The van der Waals surface area contributed by atoms with E-state index in [2.05, 4.69) is 10.3 Å². The number of imide groups is 1. The molecular formula is C16H20N4O4. The highest BCUT2D eigenvalue weighted by Gasteiger charge is 2.29. The summed E-state index contributed by atoms with van der Waals surface area (Å²) in [7, 11) is 0. The molecule has 128 valence electrons. The molecule has 2 aliphatic heterocycles. The van der Waals surface area contributed by atoms with Crippen molar-refractivity contribution in [1.29, 1.82) is 0 Å². The Hall–Kier alpha value is -2.48. The van der Waals surface area contributed by atoms with Crippen LogP contribution in [0.4, 0.5) is 10.5 Å². The Kier molecular flexibility index (Phi) is 5.05. The summed E-state index contributed by atoms with van der Waals surface area (Å²) in [4.78, 5) is 42.8. The number of carbonyl (C=O) groups is 3.